The highest BCUT2D eigenvalue weighted by Crippen LogP contribution is 2.21. The highest BCUT2D eigenvalue weighted by molar-refractivity contribution is 6.30. The van der Waals surface area contributed by atoms with Crippen molar-refractivity contribution in [1.82, 2.24) is 14.0 Å². The molecule has 1 aliphatic heterocycles. The molecule has 0 bridgehead atoms. The average molecular weight is 413 g/mol. The van der Waals surface area contributed by atoms with Gasteiger partial charge in [0.1, 0.15) is 6.54 Å². The zero-order valence-electron chi connectivity index (χ0n) is 16.6. The Hall–Kier alpha value is -2.73. The second-order valence-electron chi connectivity index (χ2n) is 7.36. The van der Waals surface area contributed by atoms with Gasteiger partial charge in [0.2, 0.25) is 5.91 Å². The lowest BCUT2D eigenvalue weighted by atomic mass is 10.2. The Morgan fingerprint density at radius 3 is 2.31 bits per heavy atom. The first-order valence-electron chi connectivity index (χ1n) is 10.0. The quantitative estimate of drug-likeness (QED) is 0.646. The van der Waals surface area contributed by atoms with Gasteiger partial charge in [0.25, 0.3) is 0 Å². The molecule has 0 spiro atoms. The Labute approximate surface area is 174 Å². The van der Waals surface area contributed by atoms with Crippen LogP contribution in [0.2, 0.25) is 5.02 Å². The summed E-state index contributed by atoms with van der Waals surface area (Å²) in [7, 11) is 0. The predicted molar refractivity (Wildman–Crippen MR) is 117 cm³/mol. The zero-order chi connectivity index (χ0) is 20.4. The average Bonchev–Trinajstić information content (AvgIpc) is 3.00. The molecule has 0 unspecified atom stereocenters. The van der Waals surface area contributed by atoms with Gasteiger partial charge in [-0.2, -0.15) is 0 Å². The number of carbonyl (C=O) groups excluding carboxylic acids is 1. The molecular formula is C22H25ClN4O2. The normalized spacial score (nSPS) is 14.6. The van der Waals surface area contributed by atoms with Crippen molar-refractivity contribution in [2.24, 2.45) is 0 Å². The van der Waals surface area contributed by atoms with Crippen molar-refractivity contribution in [3.8, 4) is 0 Å². The van der Waals surface area contributed by atoms with Gasteiger partial charge in [-0.05, 0) is 36.8 Å². The number of benzene rings is 2. The molecule has 1 aromatic heterocycles. The first kappa shape index (κ1) is 19.6. The summed E-state index contributed by atoms with van der Waals surface area (Å²) in [5.74, 6) is -0.0164. The van der Waals surface area contributed by atoms with E-state index in [1.165, 1.54) is 0 Å². The van der Waals surface area contributed by atoms with Crippen LogP contribution in [0.25, 0.3) is 11.0 Å². The Balaban J connectivity index is 1.48. The molecule has 0 atom stereocenters. The number of para-hydroxylation sites is 2. The van der Waals surface area contributed by atoms with Crippen LogP contribution in [0.5, 0.6) is 0 Å². The van der Waals surface area contributed by atoms with Gasteiger partial charge in [0.05, 0.1) is 11.0 Å². The largest absolute Gasteiger partial charge is 0.368 e. The molecule has 2 aromatic carbocycles. The highest BCUT2D eigenvalue weighted by atomic mass is 35.5. The molecule has 1 aliphatic rings. The molecule has 2 heterocycles. The number of imidazole rings is 1. The molecule has 0 saturated carbocycles. The summed E-state index contributed by atoms with van der Waals surface area (Å²) >= 11 is 6.09. The number of halogens is 1. The van der Waals surface area contributed by atoms with Crippen molar-refractivity contribution in [2.75, 3.05) is 31.1 Å². The first-order valence-corrected chi connectivity index (χ1v) is 10.4. The van der Waals surface area contributed by atoms with Crippen LogP contribution in [0.15, 0.2) is 53.3 Å². The Morgan fingerprint density at radius 1 is 0.966 bits per heavy atom. The maximum Gasteiger partial charge on any atom is 0.329 e. The zero-order valence-corrected chi connectivity index (χ0v) is 17.3. The molecule has 1 saturated heterocycles. The summed E-state index contributed by atoms with van der Waals surface area (Å²) in [6.07, 6.45) is 0.868. The Morgan fingerprint density at radius 2 is 1.66 bits per heavy atom. The number of piperazine rings is 1. The molecule has 152 valence electrons. The number of nitrogens with zero attached hydrogens (tertiary/aromatic N) is 4. The van der Waals surface area contributed by atoms with Crippen LogP contribution in [0, 0.1) is 0 Å². The number of hydrogen-bond donors (Lipinski definition) is 0. The fourth-order valence-electron chi connectivity index (χ4n) is 3.99. The van der Waals surface area contributed by atoms with Crippen LogP contribution < -0.4 is 10.6 Å². The topological polar surface area (TPSA) is 50.5 Å². The van der Waals surface area contributed by atoms with Crippen LogP contribution in [0.1, 0.15) is 13.3 Å². The van der Waals surface area contributed by atoms with Crippen LogP contribution in [0.3, 0.4) is 0 Å². The van der Waals surface area contributed by atoms with E-state index in [0.29, 0.717) is 24.7 Å². The van der Waals surface area contributed by atoms with Crippen molar-refractivity contribution >= 4 is 34.2 Å². The molecule has 1 fully saturated rings. The van der Waals surface area contributed by atoms with E-state index < -0.39 is 0 Å². The third kappa shape index (κ3) is 3.90. The van der Waals surface area contributed by atoms with E-state index in [2.05, 4.69) is 4.90 Å². The smallest absolute Gasteiger partial charge is 0.329 e. The minimum absolute atomic E-state index is 0.0164. The minimum Gasteiger partial charge on any atom is -0.368 e. The fraction of sp³-hybridized carbons (Fsp3) is 0.364. The first-order chi connectivity index (χ1) is 14.1. The number of amides is 1. The second-order valence-corrected chi connectivity index (χ2v) is 7.79. The Bertz CT molecular complexity index is 1080. The van der Waals surface area contributed by atoms with E-state index in [1.807, 2.05) is 60.4 Å². The van der Waals surface area contributed by atoms with Crippen LogP contribution >= 0.6 is 11.6 Å². The van der Waals surface area contributed by atoms with Crippen molar-refractivity contribution in [1.29, 1.82) is 0 Å². The third-order valence-corrected chi connectivity index (χ3v) is 5.71. The van der Waals surface area contributed by atoms with E-state index in [1.54, 1.807) is 9.13 Å². The van der Waals surface area contributed by atoms with Gasteiger partial charge in [-0.15, -0.1) is 0 Å². The fourth-order valence-corrected chi connectivity index (χ4v) is 4.17. The molecule has 0 N–H and O–H groups in total. The lowest BCUT2D eigenvalue weighted by Gasteiger charge is -2.36. The number of anilines is 1. The molecule has 3 aromatic rings. The van der Waals surface area contributed by atoms with Gasteiger partial charge in [-0.3, -0.25) is 13.9 Å². The molecule has 7 heteroatoms. The number of aromatic nitrogens is 2. The monoisotopic (exact) mass is 412 g/mol. The summed E-state index contributed by atoms with van der Waals surface area (Å²) in [5, 5.41) is 0.712. The van der Waals surface area contributed by atoms with Gasteiger partial charge in [-0.25, -0.2) is 4.79 Å². The molecule has 0 radical (unpaired) electrons. The highest BCUT2D eigenvalue weighted by Gasteiger charge is 2.23. The molecule has 29 heavy (non-hydrogen) atoms. The van der Waals surface area contributed by atoms with Gasteiger partial charge in [0.15, 0.2) is 0 Å². The van der Waals surface area contributed by atoms with E-state index in [-0.39, 0.29) is 18.1 Å². The number of hydrogen-bond acceptors (Lipinski definition) is 3. The minimum atomic E-state index is -0.112. The number of carbonyl (C=O) groups is 1. The van der Waals surface area contributed by atoms with Crippen LogP contribution in [0.4, 0.5) is 5.69 Å². The van der Waals surface area contributed by atoms with Crippen molar-refractivity contribution in [3.05, 3.63) is 64.0 Å². The summed E-state index contributed by atoms with van der Waals surface area (Å²) in [5.41, 5.74) is 2.66. The SMILES string of the molecule is CCCn1c(=O)n(CC(=O)N2CCN(c3cccc(Cl)c3)CC2)c2ccccc21. The maximum atomic E-state index is 12.9. The van der Waals surface area contributed by atoms with Crippen molar-refractivity contribution in [2.45, 2.75) is 26.4 Å². The standard InChI is InChI=1S/C22H25ClN4O2/c1-2-10-26-19-8-3-4-9-20(19)27(22(26)29)16-21(28)25-13-11-24(12-14-25)18-7-5-6-17(23)15-18/h3-9,15H,2,10-14,16H2,1H3. The van der Waals surface area contributed by atoms with Crippen LogP contribution in [-0.2, 0) is 17.9 Å². The van der Waals surface area contributed by atoms with E-state index in [9.17, 15) is 9.59 Å². The molecule has 1 amide bonds. The van der Waals surface area contributed by atoms with E-state index in [4.69, 9.17) is 11.6 Å². The summed E-state index contributed by atoms with van der Waals surface area (Å²) in [6, 6.07) is 15.5. The van der Waals surface area contributed by atoms with E-state index >= 15 is 0 Å². The van der Waals surface area contributed by atoms with Gasteiger partial charge in [-0.1, -0.05) is 36.7 Å². The van der Waals surface area contributed by atoms with Gasteiger partial charge < -0.3 is 9.80 Å². The summed E-state index contributed by atoms with van der Waals surface area (Å²) in [6.45, 7) is 5.54. The summed E-state index contributed by atoms with van der Waals surface area (Å²) < 4.78 is 3.37. The summed E-state index contributed by atoms with van der Waals surface area (Å²) in [4.78, 5) is 29.9. The number of fused-ring (bicyclic) bond motifs is 1. The maximum absolute atomic E-state index is 12.9. The molecular weight excluding hydrogens is 388 g/mol. The van der Waals surface area contributed by atoms with Crippen LogP contribution in [-0.4, -0.2) is 46.1 Å². The lowest BCUT2D eigenvalue weighted by molar-refractivity contribution is -0.132. The number of rotatable bonds is 5. The van der Waals surface area contributed by atoms with Crippen molar-refractivity contribution < 1.29 is 4.79 Å². The second kappa shape index (κ2) is 8.33. The molecule has 0 aliphatic carbocycles. The Kier molecular flexibility index (Phi) is 5.62. The predicted octanol–water partition coefficient (Wildman–Crippen LogP) is 3.22. The third-order valence-electron chi connectivity index (χ3n) is 5.47. The van der Waals surface area contributed by atoms with Gasteiger partial charge in [0, 0.05) is 43.4 Å². The molecule has 4 rings (SSSR count). The number of aryl methyl sites for hydroxylation is 1. The van der Waals surface area contributed by atoms with E-state index in [0.717, 1.165) is 36.2 Å². The lowest BCUT2D eigenvalue weighted by Crippen LogP contribution is -2.50. The molecule has 6 nitrogen and oxygen atoms in total. The van der Waals surface area contributed by atoms with Gasteiger partial charge >= 0.3 is 5.69 Å². The van der Waals surface area contributed by atoms with Crippen molar-refractivity contribution in [3.63, 3.8) is 0 Å².